The van der Waals surface area contributed by atoms with Crippen molar-refractivity contribution in [3.05, 3.63) is 60.2 Å². The monoisotopic (exact) mass is 268 g/mol. The number of benzene rings is 2. The van der Waals surface area contributed by atoms with Crippen molar-refractivity contribution in [3.8, 4) is 0 Å². The van der Waals surface area contributed by atoms with Gasteiger partial charge in [0, 0.05) is 24.0 Å². The van der Waals surface area contributed by atoms with Crippen LogP contribution in [-0.4, -0.2) is 13.6 Å². The van der Waals surface area contributed by atoms with Gasteiger partial charge in [-0.05, 0) is 44.2 Å². The molecule has 2 nitrogen and oxygen atoms in total. The molecule has 106 valence electrons. The van der Waals surface area contributed by atoms with Crippen LogP contribution in [0.15, 0.2) is 54.6 Å². The van der Waals surface area contributed by atoms with E-state index in [1.54, 1.807) is 0 Å². The van der Waals surface area contributed by atoms with Gasteiger partial charge in [-0.2, -0.15) is 0 Å². The average Bonchev–Trinajstić information content (AvgIpc) is 2.52. The molecule has 0 aliphatic rings. The number of para-hydroxylation sites is 2. The van der Waals surface area contributed by atoms with Crippen molar-refractivity contribution in [2.45, 2.75) is 26.3 Å². The predicted molar refractivity (Wildman–Crippen MR) is 87.7 cm³/mol. The van der Waals surface area contributed by atoms with Crippen molar-refractivity contribution in [2.24, 2.45) is 0 Å². The largest absolute Gasteiger partial charge is 0.341 e. The van der Waals surface area contributed by atoms with Gasteiger partial charge >= 0.3 is 0 Å². The van der Waals surface area contributed by atoms with Gasteiger partial charge in [-0.1, -0.05) is 43.3 Å². The van der Waals surface area contributed by atoms with Gasteiger partial charge in [-0.15, -0.1) is 0 Å². The molecule has 0 bridgehead atoms. The summed E-state index contributed by atoms with van der Waals surface area (Å²) in [5.41, 5.74) is 3.90. The Morgan fingerprint density at radius 1 is 0.950 bits per heavy atom. The normalized spacial score (nSPS) is 12.2. The molecule has 2 rings (SSSR count). The maximum atomic E-state index is 3.41. The molecule has 1 unspecified atom stereocenters. The molecule has 0 amide bonds. The maximum Gasteiger partial charge on any atom is 0.0459 e. The first-order valence-electron chi connectivity index (χ1n) is 7.40. The molecule has 0 saturated carbocycles. The summed E-state index contributed by atoms with van der Waals surface area (Å²) in [5.74, 6) is 0. The lowest BCUT2D eigenvalue weighted by atomic mass is 10.0. The molecular formula is C18H24N2. The molecule has 0 aliphatic heterocycles. The quantitative estimate of drug-likeness (QED) is 0.829. The van der Waals surface area contributed by atoms with E-state index >= 15 is 0 Å². The van der Waals surface area contributed by atoms with Crippen LogP contribution in [0.4, 0.5) is 11.4 Å². The first kappa shape index (κ1) is 14.6. The lowest BCUT2D eigenvalue weighted by Crippen LogP contribution is -2.22. The zero-order chi connectivity index (χ0) is 14.4. The molecule has 2 heteroatoms. The molecule has 2 aromatic carbocycles. The second kappa shape index (κ2) is 7.11. The van der Waals surface area contributed by atoms with E-state index in [-0.39, 0.29) is 0 Å². The van der Waals surface area contributed by atoms with Crippen LogP contribution in [0.25, 0.3) is 0 Å². The topological polar surface area (TPSA) is 15.3 Å². The van der Waals surface area contributed by atoms with Crippen molar-refractivity contribution in [3.63, 3.8) is 0 Å². The smallest absolute Gasteiger partial charge is 0.0459 e. The standard InChI is InChI=1S/C18H24N2/c1-4-17(19-3)16-13-9-10-14-18(16)20(5-2)15-11-7-6-8-12-15/h6-14,17,19H,4-5H2,1-3H3. The van der Waals surface area contributed by atoms with Crippen LogP contribution in [0, 0.1) is 0 Å². The van der Waals surface area contributed by atoms with E-state index in [9.17, 15) is 0 Å². The van der Waals surface area contributed by atoms with Crippen molar-refractivity contribution in [1.29, 1.82) is 0 Å². The number of nitrogens with zero attached hydrogens (tertiary/aromatic N) is 1. The summed E-state index contributed by atoms with van der Waals surface area (Å²) in [6.45, 7) is 5.38. The fourth-order valence-corrected chi connectivity index (χ4v) is 2.71. The molecule has 20 heavy (non-hydrogen) atoms. The summed E-state index contributed by atoms with van der Waals surface area (Å²) in [4.78, 5) is 2.37. The van der Waals surface area contributed by atoms with Gasteiger partial charge in [0.25, 0.3) is 0 Å². The SMILES string of the molecule is CCC(NC)c1ccccc1N(CC)c1ccccc1. The number of hydrogen-bond acceptors (Lipinski definition) is 2. The van der Waals surface area contributed by atoms with Crippen LogP contribution < -0.4 is 10.2 Å². The molecule has 0 heterocycles. The zero-order valence-electron chi connectivity index (χ0n) is 12.6. The molecular weight excluding hydrogens is 244 g/mol. The molecule has 0 aliphatic carbocycles. The van der Waals surface area contributed by atoms with Crippen molar-refractivity contribution in [1.82, 2.24) is 5.32 Å². The van der Waals surface area contributed by atoms with E-state index in [1.807, 2.05) is 7.05 Å². The van der Waals surface area contributed by atoms with E-state index in [0.717, 1.165) is 13.0 Å². The van der Waals surface area contributed by atoms with Gasteiger partial charge in [0.2, 0.25) is 0 Å². The molecule has 2 aromatic rings. The molecule has 0 aromatic heterocycles. The summed E-state index contributed by atoms with van der Waals surface area (Å²) < 4.78 is 0. The average molecular weight is 268 g/mol. The van der Waals surface area contributed by atoms with Gasteiger partial charge in [-0.3, -0.25) is 0 Å². The van der Waals surface area contributed by atoms with E-state index in [2.05, 4.69) is 78.7 Å². The molecule has 0 saturated heterocycles. The Kier molecular flexibility index (Phi) is 5.19. The number of rotatable bonds is 6. The second-order valence-electron chi connectivity index (χ2n) is 4.89. The Morgan fingerprint density at radius 3 is 2.20 bits per heavy atom. The highest BCUT2D eigenvalue weighted by atomic mass is 15.1. The van der Waals surface area contributed by atoms with Crippen LogP contribution in [0.5, 0.6) is 0 Å². The Hall–Kier alpha value is -1.80. The van der Waals surface area contributed by atoms with Gasteiger partial charge in [0.1, 0.15) is 0 Å². The minimum absolute atomic E-state index is 0.393. The Labute approximate surface area is 122 Å². The van der Waals surface area contributed by atoms with E-state index < -0.39 is 0 Å². The third-order valence-corrected chi connectivity index (χ3v) is 3.74. The first-order chi connectivity index (χ1) is 9.81. The third kappa shape index (κ3) is 3.02. The predicted octanol–water partition coefficient (Wildman–Crippen LogP) is 4.52. The van der Waals surface area contributed by atoms with Crippen LogP contribution >= 0.6 is 0 Å². The van der Waals surface area contributed by atoms with Crippen molar-refractivity contribution in [2.75, 3.05) is 18.5 Å². The van der Waals surface area contributed by atoms with Gasteiger partial charge in [-0.25, -0.2) is 0 Å². The second-order valence-corrected chi connectivity index (χ2v) is 4.89. The fourth-order valence-electron chi connectivity index (χ4n) is 2.71. The van der Waals surface area contributed by atoms with Crippen molar-refractivity contribution < 1.29 is 0 Å². The van der Waals surface area contributed by atoms with Crippen molar-refractivity contribution >= 4 is 11.4 Å². The highest BCUT2D eigenvalue weighted by molar-refractivity contribution is 5.67. The summed E-state index contributed by atoms with van der Waals surface area (Å²) in [6, 6.07) is 19.7. The Morgan fingerprint density at radius 2 is 1.60 bits per heavy atom. The summed E-state index contributed by atoms with van der Waals surface area (Å²) in [7, 11) is 2.03. The number of hydrogen-bond donors (Lipinski definition) is 1. The molecule has 1 N–H and O–H groups in total. The van der Waals surface area contributed by atoms with Crippen LogP contribution in [0.3, 0.4) is 0 Å². The lowest BCUT2D eigenvalue weighted by Gasteiger charge is -2.28. The molecule has 0 radical (unpaired) electrons. The summed E-state index contributed by atoms with van der Waals surface area (Å²) in [6.07, 6.45) is 1.08. The van der Waals surface area contributed by atoms with Gasteiger partial charge < -0.3 is 10.2 Å². The minimum atomic E-state index is 0.393. The van der Waals surface area contributed by atoms with Crippen LogP contribution in [-0.2, 0) is 0 Å². The Bertz CT molecular complexity index is 518. The molecule has 0 spiro atoms. The van der Waals surface area contributed by atoms with E-state index in [0.29, 0.717) is 6.04 Å². The first-order valence-corrected chi connectivity index (χ1v) is 7.40. The maximum absolute atomic E-state index is 3.41. The fraction of sp³-hybridized carbons (Fsp3) is 0.333. The van der Waals surface area contributed by atoms with Crippen LogP contribution in [0.2, 0.25) is 0 Å². The van der Waals surface area contributed by atoms with E-state index in [1.165, 1.54) is 16.9 Å². The highest BCUT2D eigenvalue weighted by Crippen LogP contribution is 2.32. The molecule has 0 fully saturated rings. The number of nitrogens with one attached hydrogen (secondary N) is 1. The summed E-state index contributed by atoms with van der Waals surface area (Å²) >= 11 is 0. The van der Waals surface area contributed by atoms with Gasteiger partial charge in [0.15, 0.2) is 0 Å². The molecule has 1 atom stereocenters. The zero-order valence-corrected chi connectivity index (χ0v) is 12.6. The van der Waals surface area contributed by atoms with Gasteiger partial charge in [0.05, 0.1) is 0 Å². The highest BCUT2D eigenvalue weighted by Gasteiger charge is 2.16. The minimum Gasteiger partial charge on any atom is -0.341 e. The summed E-state index contributed by atoms with van der Waals surface area (Å²) in [5, 5.41) is 3.41. The van der Waals surface area contributed by atoms with E-state index in [4.69, 9.17) is 0 Å². The Balaban J connectivity index is 2.45. The lowest BCUT2D eigenvalue weighted by molar-refractivity contribution is 0.576. The number of anilines is 2. The third-order valence-electron chi connectivity index (χ3n) is 3.74. The van der Waals surface area contributed by atoms with Crippen LogP contribution in [0.1, 0.15) is 31.9 Å².